The smallest absolute Gasteiger partial charge is 0.341 e. The molecule has 0 unspecified atom stereocenters. The summed E-state index contributed by atoms with van der Waals surface area (Å²) in [6.07, 6.45) is 3.20. The Bertz CT molecular complexity index is 764. The monoisotopic (exact) mass is 368 g/mol. The molecule has 6 nitrogen and oxygen atoms in total. The lowest BCUT2D eigenvalue weighted by atomic mass is 10.3. The number of benzene rings is 1. The number of likely N-dealkylation sites (tertiary alicyclic amines) is 1. The summed E-state index contributed by atoms with van der Waals surface area (Å²) in [7, 11) is 0. The minimum absolute atomic E-state index is 0.105. The van der Waals surface area contributed by atoms with Crippen molar-refractivity contribution in [2.45, 2.75) is 19.4 Å². The summed E-state index contributed by atoms with van der Waals surface area (Å²) in [4.78, 5) is 26.0. The van der Waals surface area contributed by atoms with E-state index in [9.17, 15) is 14.0 Å². The van der Waals surface area contributed by atoms with Crippen molar-refractivity contribution in [3.63, 3.8) is 0 Å². The fraction of sp³-hybridized carbons (Fsp3) is 0.357. The Hall–Kier alpha value is -1.96. The van der Waals surface area contributed by atoms with Crippen LogP contribution in [0.1, 0.15) is 12.8 Å². The molecular weight excluding hydrogens is 355 g/mol. The van der Waals surface area contributed by atoms with Crippen LogP contribution in [0.25, 0.3) is 5.69 Å². The van der Waals surface area contributed by atoms with Gasteiger partial charge in [0.1, 0.15) is 18.7 Å². The van der Waals surface area contributed by atoms with Gasteiger partial charge in [0.2, 0.25) is 5.91 Å². The molecule has 2 aromatic rings. The van der Waals surface area contributed by atoms with Gasteiger partial charge in [-0.1, -0.05) is 15.9 Å². The van der Waals surface area contributed by atoms with Gasteiger partial charge in [-0.2, -0.15) is 5.10 Å². The van der Waals surface area contributed by atoms with Crippen molar-refractivity contribution in [1.82, 2.24) is 19.2 Å². The van der Waals surface area contributed by atoms with E-state index in [2.05, 4.69) is 21.0 Å². The molecular formula is C14H14BrFN4O2. The number of hydrogen-bond acceptors (Lipinski definition) is 3. The van der Waals surface area contributed by atoms with Crippen molar-refractivity contribution in [2.75, 3.05) is 13.1 Å². The Balaban J connectivity index is 1.85. The zero-order valence-corrected chi connectivity index (χ0v) is 13.3. The van der Waals surface area contributed by atoms with Gasteiger partial charge in [-0.15, -0.1) is 0 Å². The second-order valence-corrected chi connectivity index (χ2v) is 6.04. The molecule has 1 aromatic carbocycles. The summed E-state index contributed by atoms with van der Waals surface area (Å²) in [6, 6.07) is 4.39. The maximum atomic E-state index is 13.9. The molecule has 116 valence electrons. The first-order valence-corrected chi connectivity index (χ1v) is 7.73. The Morgan fingerprint density at radius 2 is 2.05 bits per heavy atom. The average Bonchev–Trinajstić information content (AvgIpc) is 3.11. The highest BCUT2D eigenvalue weighted by atomic mass is 79.9. The lowest BCUT2D eigenvalue weighted by Crippen LogP contribution is -2.35. The Kier molecular flexibility index (Phi) is 4.10. The van der Waals surface area contributed by atoms with Gasteiger partial charge in [-0.3, -0.25) is 4.79 Å². The summed E-state index contributed by atoms with van der Waals surface area (Å²) in [5.41, 5.74) is -0.429. The molecule has 1 fully saturated rings. The van der Waals surface area contributed by atoms with E-state index in [1.807, 2.05) is 0 Å². The molecule has 1 amide bonds. The molecule has 0 bridgehead atoms. The number of halogens is 2. The predicted molar refractivity (Wildman–Crippen MR) is 81.3 cm³/mol. The van der Waals surface area contributed by atoms with E-state index < -0.39 is 11.5 Å². The Morgan fingerprint density at radius 1 is 1.32 bits per heavy atom. The lowest BCUT2D eigenvalue weighted by Gasteiger charge is -2.14. The zero-order valence-electron chi connectivity index (χ0n) is 11.7. The largest absolute Gasteiger partial charge is 0.350 e. The predicted octanol–water partition coefficient (Wildman–Crippen LogP) is 1.56. The number of hydrogen-bond donors (Lipinski definition) is 0. The van der Waals surface area contributed by atoms with Crippen LogP contribution in [-0.4, -0.2) is 38.2 Å². The van der Waals surface area contributed by atoms with E-state index in [0.29, 0.717) is 4.47 Å². The third kappa shape index (κ3) is 2.83. The SMILES string of the molecule is O=C(Cn1ncn(-c2ccc(Br)cc2F)c1=O)N1CCCC1. The number of carbonyl (C=O) groups excluding carboxylic acids is 1. The first kappa shape index (κ1) is 15.0. The summed E-state index contributed by atoms with van der Waals surface area (Å²) in [5, 5.41) is 3.91. The lowest BCUT2D eigenvalue weighted by molar-refractivity contribution is -0.131. The van der Waals surface area contributed by atoms with Crippen LogP contribution in [0.5, 0.6) is 0 Å². The maximum Gasteiger partial charge on any atom is 0.350 e. The van der Waals surface area contributed by atoms with Gasteiger partial charge >= 0.3 is 5.69 Å². The quantitative estimate of drug-likeness (QED) is 0.825. The minimum atomic E-state index is -0.540. The average molecular weight is 369 g/mol. The van der Waals surface area contributed by atoms with E-state index in [4.69, 9.17) is 0 Å². The van der Waals surface area contributed by atoms with Crippen molar-refractivity contribution in [1.29, 1.82) is 0 Å². The van der Waals surface area contributed by atoms with Gasteiger partial charge in [-0.05, 0) is 31.0 Å². The van der Waals surface area contributed by atoms with Crippen LogP contribution in [-0.2, 0) is 11.3 Å². The molecule has 2 heterocycles. The highest BCUT2D eigenvalue weighted by Gasteiger charge is 2.20. The number of aromatic nitrogens is 3. The van der Waals surface area contributed by atoms with Gasteiger partial charge in [0.25, 0.3) is 0 Å². The van der Waals surface area contributed by atoms with Gasteiger partial charge in [0, 0.05) is 17.6 Å². The number of amides is 1. The molecule has 0 atom stereocenters. The molecule has 22 heavy (non-hydrogen) atoms. The van der Waals surface area contributed by atoms with E-state index >= 15 is 0 Å². The number of carbonyl (C=O) groups is 1. The first-order chi connectivity index (χ1) is 10.6. The molecule has 3 rings (SSSR count). The highest BCUT2D eigenvalue weighted by Crippen LogP contribution is 2.17. The second-order valence-electron chi connectivity index (χ2n) is 5.12. The van der Waals surface area contributed by atoms with E-state index in [1.165, 1.54) is 18.5 Å². The van der Waals surface area contributed by atoms with Crippen molar-refractivity contribution in [2.24, 2.45) is 0 Å². The van der Waals surface area contributed by atoms with Crippen LogP contribution in [0.4, 0.5) is 4.39 Å². The molecule has 0 spiro atoms. The van der Waals surface area contributed by atoms with Crippen LogP contribution >= 0.6 is 15.9 Å². The van der Waals surface area contributed by atoms with Crippen molar-refractivity contribution in [3.05, 3.63) is 45.3 Å². The molecule has 1 saturated heterocycles. The Labute approximate surface area is 134 Å². The molecule has 1 aliphatic heterocycles. The van der Waals surface area contributed by atoms with Crippen molar-refractivity contribution >= 4 is 21.8 Å². The van der Waals surface area contributed by atoms with Crippen molar-refractivity contribution in [3.8, 4) is 5.69 Å². The van der Waals surface area contributed by atoms with Gasteiger partial charge < -0.3 is 4.90 Å². The normalized spacial score (nSPS) is 14.5. The molecule has 1 aromatic heterocycles. The fourth-order valence-electron chi connectivity index (χ4n) is 2.48. The molecule has 0 aliphatic carbocycles. The Morgan fingerprint density at radius 3 is 2.73 bits per heavy atom. The van der Waals surface area contributed by atoms with E-state index in [-0.39, 0.29) is 18.1 Å². The molecule has 0 radical (unpaired) electrons. The summed E-state index contributed by atoms with van der Waals surface area (Å²) in [5.74, 6) is -0.678. The number of nitrogens with zero attached hydrogens (tertiary/aromatic N) is 4. The van der Waals surface area contributed by atoms with Gasteiger partial charge in [0.15, 0.2) is 0 Å². The van der Waals surface area contributed by atoms with Crippen LogP contribution in [0.3, 0.4) is 0 Å². The third-order valence-electron chi connectivity index (χ3n) is 3.65. The van der Waals surface area contributed by atoms with Gasteiger partial charge in [-0.25, -0.2) is 18.4 Å². The number of rotatable bonds is 3. The zero-order chi connectivity index (χ0) is 15.7. The van der Waals surface area contributed by atoms with Crippen LogP contribution < -0.4 is 5.69 Å². The van der Waals surface area contributed by atoms with Crippen LogP contribution in [0.15, 0.2) is 33.8 Å². The summed E-state index contributed by atoms with van der Waals surface area (Å²) >= 11 is 3.16. The summed E-state index contributed by atoms with van der Waals surface area (Å²) < 4.78 is 16.7. The topological polar surface area (TPSA) is 60.1 Å². The van der Waals surface area contributed by atoms with Crippen LogP contribution in [0, 0.1) is 5.82 Å². The molecule has 0 saturated carbocycles. The molecule has 0 N–H and O–H groups in total. The fourth-order valence-corrected chi connectivity index (χ4v) is 2.82. The highest BCUT2D eigenvalue weighted by molar-refractivity contribution is 9.10. The minimum Gasteiger partial charge on any atom is -0.341 e. The third-order valence-corrected chi connectivity index (χ3v) is 4.14. The van der Waals surface area contributed by atoms with Crippen molar-refractivity contribution < 1.29 is 9.18 Å². The van der Waals surface area contributed by atoms with Crippen LogP contribution in [0.2, 0.25) is 0 Å². The van der Waals surface area contributed by atoms with Gasteiger partial charge in [0.05, 0.1) is 5.69 Å². The molecule has 8 heteroatoms. The van der Waals surface area contributed by atoms with E-state index in [1.54, 1.807) is 11.0 Å². The summed E-state index contributed by atoms with van der Waals surface area (Å²) in [6.45, 7) is 1.31. The first-order valence-electron chi connectivity index (χ1n) is 6.94. The standard InChI is InChI=1S/C14H14BrFN4O2/c15-10-3-4-12(11(16)7-10)19-9-17-20(14(19)22)8-13(21)18-5-1-2-6-18/h3-4,7,9H,1-2,5-6,8H2. The second kappa shape index (κ2) is 6.04. The van der Waals surface area contributed by atoms with E-state index in [0.717, 1.165) is 35.2 Å². The molecule has 1 aliphatic rings. The maximum absolute atomic E-state index is 13.9.